The molecule has 0 atom stereocenters. The Morgan fingerprint density at radius 3 is 2.47 bits per heavy atom. The van der Waals surface area contributed by atoms with Crippen LogP contribution in [0.3, 0.4) is 0 Å². The maximum atomic E-state index is 13.5. The van der Waals surface area contributed by atoms with Crippen molar-refractivity contribution >= 4 is 46.9 Å². The predicted octanol–water partition coefficient (Wildman–Crippen LogP) is 5.19. The zero-order valence-corrected chi connectivity index (χ0v) is 18.2. The number of carbonyl (C=O) groups is 2. The van der Waals surface area contributed by atoms with E-state index in [1.807, 2.05) is 0 Å². The van der Waals surface area contributed by atoms with Gasteiger partial charge in [0.25, 0.3) is 0 Å². The van der Waals surface area contributed by atoms with Gasteiger partial charge in [-0.1, -0.05) is 41.4 Å². The average Bonchev–Trinajstić information content (AvgIpc) is 2.75. The molecule has 6 nitrogen and oxygen atoms in total. The van der Waals surface area contributed by atoms with Crippen LogP contribution in [0.2, 0.25) is 10.0 Å². The fraction of sp³-hybridized carbons (Fsp3) is 0.0870. The number of nitrogens with zero attached hydrogens (tertiary/aromatic N) is 1. The van der Waals surface area contributed by atoms with Crippen LogP contribution < -0.4 is 15.5 Å². The van der Waals surface area contributed by atoms with Crippen LogP contribution in [-0.4, -0.2) is 18.0 Å². The van der Waals surface area contributed by atoms with Crippen molar-refractivity contribution in [3.05, 3.63) is 93.7 Å². The topological polar surface area (TPSA) is 79.8 Å². The standard InChI is InChI=1S/C23H18Cl2FN3O3/c24-17-8-7-16(19(25)11-17)14-32-18-9-5-15(6-10-18)13-27-29-23(31)12-22(30)28-21-4-2-1-3-20(21)26/h1-11,13H,12,14H2,(H,28,30)(H,29,31). The van der Waals surface area contributed by atoms with Crippen LogP contribution >= 0.6 is 23.2 Å². The number of amides is 2. The monoisotopic (exact) mass is 473 g/mol. The molecule has 164 valence electrons. The normalized spacial score (nSPS) is 10.7. The van der Waals surface area contributed by atoms with E-state index in [0.29, 0.717) is 21.4 Å². The van der Waals surface area contributed by atoms with Crippen LogP contribution in [0.15, 0.2) is 71.8 Å². The molecule has 0 aliphatic heterocycles. The van der Waals surface area contributed by atoms with E-state index in [4.69, 9.17) is 27.9 Å². The van der Waals surface area contributed by atoms with Crippen LogP contribution in [0.25, 0.3) is 0 Å². The van der Waals surface area contributed by atoms with Gasteiger partial charge in [-0.05, 0) is 54.1 Å². The van der Waals surface area contributed by atoms with E-state index < -0.39 is 24.1 Å². The van der Waals surface area contributed by atoms with Crippen LogP contribution in [0.5, 0.6) is 5.75 Å². The van der Waals surface area contributed by atoms with Gasteiger partial charge in [0.2, 0.25) is 11.8 Å². The highest BCUT2D eigenvalue weighted by molar-refractivity contribution is 6.35. The summed E-state index contributed by atoms with van der Waals surface area (Å²) in [6, 6.07) is 17.9. The van der Waals surface area contributed by atoms with Crippen LogP contribution in [0, 0.1) is 5.82 Å². The molecule has 3 rings (SSSR count). The second-order valence-corrected chi connectivity index (χ2v) is 7.44. The van der Waals surface area contributed by atoms with Gasteiger partial charge in [0, 0.05) is 15.6 Å². The smallest absolute Gasteiger partial charge is 0.249 e. The van der Waals surface area contributed by atoms with Gasteiger partial charge in [-0.2, -0.15) is 5.10 Å². The Morgan fingerprint density at radius 1 is 1.00 bits per heavy atom. The van der Waals surface area contributed by atoms with Gasteiger partial charge in [0.15, 0.2) is 0 Å². The molecule has 0 bridgehead atoms. The summed E-state index contributed by atoms with van der Waals surface area (Å²) < 4.78 is 19.2. The van der Waals surface area contributed by atoms with Gasteiger partial charge < -0.3 is 10.1 Å². The number of ether oxygens (including phenoxy) is 1. The number of benzene rings is 3. The van der Waals surface area contributed by atoms with Crippen molar-refractivity contribution < 1.29 is 18.7 Å². The quantitative estimate of drug-likeness (QED) is 0.268. The Balaban J connectivity index is 1.44. The minimum absolute atomic E-state index is 0.00874. The van der Waals surface area contributed by atoms with Crippen LogP contribution in [0.1, 0.15) is 17.5 Å². The van der Waals surface area contributed by atoms with Crippen LogP contribution in [-0.2, 0) is 16.2 Å². The molecule has 0 aromatic heterocycles. The van der Waals surface area contributed by atoms with E-state index in [9.17, 15) is 14.0 Å². The summed E-state index contributed by atoms with van der Waals surface area (Å²) in [6.45, 7) is 0.286. The second-order valence-electron chi connectivity index (χ2n) is 6.59. The predicted molar refractivity (Wildman–Crippen MR) is 123 cm³/mol. The van der Waals surface area contributed by atoms with E-state index in [1.54, 1.807) is 48.5 Å². The number of hydrogen-bond donors (Lipinski definition) is 2. The molecule has 3 aromatic rings. The highest BCUT2D eigenvalue weighted by Gasteiger charge is 2.11. The molecule has 3 aromatic carbocycles. The van der Waals surface area contributed by atoms with Gasteiger partial charge >= 0.3 is 0 Å². The Morgan fingerprint density at radius 2 is 1.75 bits per heavy atom. The molecular weight excluding hydrogens is 456 g/mol. The molecule has 0 saturated heterocycles. The molecule has 0 saturated carbocycles. The number of carbonyl (C=O) groups excluding carboxylic acids is 2. The molecule has 0 unspecified atom stereocenters. The molecule has 32 heavy (non-hydrogen) atoms. The average molecular weight is 474 g/mol. The van der Waals surface area contributed by atoms with Crippen molar-refractivity contribution in [1.82, 2.24) is 5.43 Å². The number of rotatable bonds is 8. The number of halogens is 3. The minimum atomic E-state index is -0.648. The number of anilines is 1. The zero-order valence-electron chi connectivity index (χ0n) is 16.6. The van der Waals surface area contributed by atoms with Crippen molar-refractivity contribution in [1.29, 1.82) is 0 Å². The van der Waals surface area contributed by atoms with E-state index >= 15 is 0 Å². The van der Waals surface area contributed by atoms with Crippen molar-refractivity contribution in [3.63, 3.8) is 0 Å². The SMILES string of the molecule is O=C(CC(=O)Nc1ccccc1F)NN=Cc1ccc(OCc2ccc(Cl)cc2Cl)cc1. The van der Waals surface area contributed by atoms with Gasteiger partial charge in [0.1, 0.15) is 24.6 Å². The Kier molecular flexibility index (Phi) is 8.19. The van der Waals surface area contributed by atoms with E-state index in [2.05, 4.69) is 15.8 Å². The third kappa shape index (κ3) is 7.08. The van der Waals surface area contributed by atoms with E-state index in [-0.39, 0.29) is 12.3 Å². The number of nitrogens with one attached hydrogen (secondary N) is 2. The van der Waals surface area contributed by atoms with Crippen molar-refractivity contribution in [2.45, 2.75) is 13.0 Å². The highest BCUT2D eigenvalue weighted by atomic mass is 35.5. The molecule has 2 amide bonds. The summed E-state index contributed by atoms with van der Waals surface area (Å²) in [4.78, 5) is 23.7. The van der Waals surface area contributed by atoms with E-state index in [1.165, 1.54) is 24.4 Å². The lowest BCUT2D eigenvalue weighted by atomic mass is 10.2. The van der Waals surface area contributed by atoms with Gasteiger partial charge in [-0.15, -0.1) is 0 Å². The Labute approximate surface area is 194 Å². The van der Waals surface area contributed by atoms with Gasteiger partial charge in [-0.3, -0.25) is 9.59 Å². The molecule has 0 spiro atoms. The van der Waals surface area contributed by atoms with E-state index in [0.717, 1.165) is 5.56 Å². The lowest BCUT2D eigenvalue weighted by Gasteiger charge is -2.08. The highest BCUT2D eigenvalue weighted by Crippen LogP contribution is 2.22. The van der Waals surface area contributed by atoms with Crippen molar-refractivity contribution in [2.75, 3.05) is 5.32 Å². The van der Waals surface area contributed by atoms with Crippen LogP contribution in [0.4, 0.5) is 10.1 Å². The maximum Gasteiger partial charge on any atom is 0.249 e. The number of hydrogen-bond acceptors (Lipinski definition) is 4. The fourth-order valence-electron chi connectivity index (χ4n) is 2.57. The molecular formula is C23H18Cl2FN3O3. The summed E-state index contributed by atoms with van der Waals surface area (Å²) in [5, 5.41) is 7.23. The Bertz CT molecular complexity index is 1140. The fourth-order valence-corrected chi connectivity index (χ4v) is 3.03. The molecule has 0 fully saturated rings. The van der Waals surface area contributed by atoms with Crippen molar-refractivity contribution in [3.8, 4) is 5.75 Å². The third-order valence-electron chi connectivity index (χ3n) is 4.16. The van der Waals surface area contributed by atoms with Gasteiger partial charge in [0.05, 0.1) is 11.9 Å². The summed E-state index contributed by atoms with van der Waals surface area (Å²) in [7, 11) is 0. The second kappa shape index (κ2) is 11.3. The maximum absolute atomic E-state index is 13.5. The summed E-state index contributed by atoms with van der Waals surface area (Å²) in [5.74, 6) is -1.23. The lowest BCUT2D eigenvalue weighted by Crippen LogP contribution is -2.24. The largest absolute Gasteiger partial charge is 0.489 e. The molecule has 0 heterocycles. The molecule has 2 N–H and O–H groups in total. The minimum Gasteiger partial charge on any atom is -0.489 e. The first-order chi connectivity index (χ1) is 15.4. The lowest BCUT2D eigenvalue weighted by molar-refractivity contribution is -0.126. The first-order valence-electron chi connectivity index (χ1n) is 9.44. The molecule has 0 aliphatic rings. The first-order valence-corrected chi connectivity index (χ1v) is 10.2. The summed E-state index contributed by atoms with van der Waals surface area (Å²) in [5.41, 5.74) is 3.78. The number of hydrazone groups is 1. The molecule has 0 aliphatic carbocycles. The van der Waals surface area contributed by atoms with Gasteiger partial charge in [-0.25, -0.2) is 9.82 Å². The molecule has 9 heteroatoms. The van der Waals surface area contributed by atoms with Crippen molar-refractivity contribution in [2.24, 2.45) is 5.10 Å². The summed E-state index contributed by atoms with van der Waals surface area (Å²) in [6.07, 6.45) is 0.929. The Hall–Kier alpha value is -3.42. The summed E-state index contributed by atoms with van der Waals surface area (Å²) >= 11 is 12.0. The first kappa shape index (κ1) is 23.2. The zero-order chi connectivity index (χ0) is 22.9. The third-order valence-corrected chi connectivity index (χ3v) is 4.75. The molecule has 0 radical (unpaired) electrons. The number of para-hydroxylation sites is 1.